The number of hydrogen-bond acceptors (Lipinski definition) is 3. The number of hydrogen-bond donors (Lipinski definition) is 3. The van der Waals surface area contributed by atoms with E-state index in [0.29, 0.717) is 10.6 Å². The van der Waals surface area contributed by atoms with E-state index in [-0.39, 0.29) is 23.6 Å². The number of phenolic OH excluding ortho intramolecular Hbond substituents is 2. The van der Waals surface area contributed by atoms with Crippen LogP contribution in [0, 0.1) is 0 Å². The second-order valence-electron chi connectivity index (χ2n) is 3.97. The Kier molecular flexibility index (Phi) is 3.92. The lowest BCUT2D eigenvalue weighted by molar-refractivity contribution is 0.0948. The van der Waals surface area contributed by atoms with Gasteiger partial charge in [0.1, 0.15) is 11.5 Å². The molecule has 0 aromatic heterocycles. The molecule has 2 rings (SSSR count). The van der Waals surface area contributed by atoms with E-state index in [4.69, 9.17) is 11.6 Å². The molecule has 0 fully saturated rings. The van der Waals surface area contributed by atoms with Gasteiger partial charge in [-0.1, -0.05) is 29.8 Å². The second-order valence-corrected chi connectivity index (χ2v) is 4.41. The van der Waals surface area contributed by atoms with E-state index in [2.05, 4.69) is 5.32 Å². The van der Waals surface area contributed by atoms with Crippen molar-refractivity contribution in [1.82, 2.24) is 5.32 Å². The van der Waals surface area contributed by atoms with Gasteiger partial charge in [0.05, 0.1) is 5.56 Å². The summed E-state index contributed by atoms with van der Waals surface area (Å²) in [5.74, 6) is -0.497. The number of halogens is 1. The van der Waals surface area contributed by atoms with Crippen LogP contribution in [0.25, 0.3) is 0 Å². The highest BCUT2D eigenvalue weighted by molar-refractivity contribution is 6.30. The van der Waals surface area contributed by atoms with Gasteiger partial charge in [-0.25, -0.2) is 0 Å². The molecule has 19 heavy (non-hydrogen) atoms. The van der Waals surface area contributed by atoms with E-state index in [1.807, 2.05) is 0 Å². The van der Waals surface area contributed by atoms with E-state index in [1.54, 1.807) is 24.3 Å². The SMILES string of the molecule is O=C(NCc1ccccc1O)c1ccc(Cl)cc1O. The van der Waals surface area contributed by atoms with Crippen molar-refractivity contribution in [2.45, 2.75) is 6.54 Å². The molecule has 2 aromatic carbocycles. The van der Waals surface area contributed by atoms with Gasteiger partial charge in [-0.15, -0.1) is 0 Å². The Labute approximate surface area is 115 Å². The summed E-state index contributed by atoms with van der Waals surface area (Å²) in [6, 6.07) is 11.0. The third kappa shape index (κ3) is 3.17. The lowest BCUT2D eigenvalue weighted by atomic mass is 10.1. The Morgan fingerprint density at radius 3 is 2.53 bits per heavy atom. The molecule has 5 heteroatoms. The van der Waals surface area contributed by atoms with Crippen LogP contribution in [0.3, 0.4) is 0 Å². The second kappa shape index (κ2) is 5.63. The lowest BCUT2D eigenvalue weighted by Crippen LogP contribution is -2.22. The third-order valence-corrected chi connectivity index (χ3v) is 2.87. The van der Waals surface area contributed by atoms with Crippen molar-refractivity contribution in [3.63, 3.8) is 0 Å². The first-order valence-electron chi connectivity index (χ1n) is 5.61. The minimum atomic E-state index is -0.433. The van der Waals surface area contributed by atoms with Crippen LogP contribution in [0.15, 0.2) is 42.5 Å². The Bertz CT molecular complexity index is 613. The minimum Gasteiger partial charge on any atom is -0.508 e. The molecule has 0 saturated heterocycles. The number of carbonyl (C=O) groups is 1. The summed E-state index contributed by atoms with van der Waals surface area (Å²) in [7, 11) is 0. The Morgan fingerprint density at radius 1 is 1.11 bits per heavy atom. The van der Waals surface area contributed by atoms with Crippen LogP contribution in [0.4, 0.5) is 0 Å². The first-order chi connectivity index (χ1) is 9.08. The van der Waals surface area contributed by atoms with E-state index >= 15 is 0 Å². The maximum absolute atomic E-state index is 11.9. The van der Waals surface area contributed by atoms with Crippen molar-refractivity contribution in [1.29, 1.82) is 0 Å². The number of carbonyl (C=O) groups excluding carboxylic acids is 1. The van der Waals surface area contributed by atoms with Crippen molar-refractivity contribution in [3.8, 4) is 11.5 Å². The van der Waals surface area contributed by atoms with Crippen LogP contribution in [-0.2, 0) is 6.54 Å². The zero-order valence-electron chi connectivity index (χ0n) is 9.93. The van der Waals surface area contributed by atoms with Gasteiger partial charge in [-0.05, 0) is 24.3 Å². The number of para-hydroxylation sites is 1. The summed E-state index contributed by atoms with van der Waals surface area (Å²) in [5, 5.41) is 22.2. The molecule has 0 atom stereocenters. The normalized spacial score (nSPS) is 10.2. The molecular formula is C14H12ClNO3. The summed E-state index contributed by atoms with van der Waals surface area (Å²) >= 11 is 5.69. The largest absolute Gasteiger partial charge is 0.508 e. The average Bonchev–Trinajstić information content (AvgIpc) is 2.37. The quantitative estimate of drug-likeness (QED) is 0.808. The van der Waals surface area contributed by atoms with E-state index in [9.17, 15) is 15.0 Å². The van der Waals surface area contributed by atoms with E-state index in [1.165, 1.54) is 18.2 Å². The highest BCUT2D eigenvalue weighted by Crippen LogP contribution is 2.22. The molecule has 0 radical (unpaired) electrons. The first kappa shape index (κ1) is 13.2. The summed E-state index contributed by atoms with van der Waals surface area (Å²) < 4.78 is 0. The Morgan fingerprint density at radius 2 is 1.84 bits per heavy atom. The van der Waals surface area contributed by atoms with Crippen LogP contribution in [0.2, 0.25) is 5.02 Å². The predicted molar refractivity (Wildman–Crippen MR) is 72.4 cm³/mol. The smallest absolute Gasteiger partial charge is 0.255 e. The number of nitrogens with one attached hydrogen (secondary N) is 1. The average molecular weight is 278 g/mol. The van der Waals surface area contributed by atoms with Crippen molar-refractivity contribution in [3.05, 3.63) is 58.6 Å². The zero-order chi connectivity index (χ0) is 13.8. The van der Waals surface area contributed by atoms with Gasteiger partial charge in [-0.2, -0.15) is 0 Å². The molecular weight excluding hydrogens is 266 g/mol. The maximum Gasteiger partial charge on any atom is 0.255 e. The molecule has 0 aliphatic carbocycles. The molecule has 0 heterocycles. The predicted octanol–water partition coefficient (Wildman–Crippen LogP) is 2.68. The molecule has 0 saturated carbocycles. The van der Waals surface area contributed by atoms with Crippen molar-refractivity contribution in [2.75, 3.05) is 0 Å². The topological polar surface area (TPSA) is 69.6 Å². The Balaban J connectivity index is 2.08. The fraction of sp³-hybridized carbons (Fsp3) is 0.0714. The third-order valence-electron chi connectivity index (χ3n) is 2.64. The molecule has 0 bridgehead atoms. The van der Waals surface area contributed by atoms with Crippen molar-refractivity contribution < 1.29 is 15.0 Å². The van der Waals surface area contributed by atoms with Crippen molar-refractivity contribution in [2.24, 2.45) is 0 Å². The van der Waals surface area contributed by atoms with Gasteiger partial charge >= 0.3 is 0 Å². The zero-order valence-corrected chi connectivity index (χ0v) is 10.7. The highest BCUT2D eigenvalue weighted by Gasteiger charge is 2.11. The monoisotopic (exact) mass is 277 g/mol. The van der Waals surface area contributed by atoms with E-state index < -0.39 is 5.91 Å². The lowest BCUT2D eigenvalue weighted by Gasteiger charge is -2.08. The van der Waals surface area contributed by atoms with Gasteiger partial charge < -0.3 is 15.5 Å². The summed E-state index contributed by atoms with van der Waals surface area (Å²) in [4.78, 5) is 11.9. The fourth-order valence-corrected chi connectivity index (χ4v) is 1.79. The molecule has 1 amide bonds. The first-order valence-corrected chi connectivity index (χ1v) is 5.99. The highest BCUT2D eigenvalue weighted by atomic mass is 35.5. The molecule has 0 spiro atoms. The van der Waals surface area contributed by atoms with Gasteiger partial charge in [0.15, 0.2) is 0 Å². The number of phenols is 2. The van der Waals surface area contributed by atoms with Crippen LogP contribution in [0.5, 0.6) is 11.5 Å². The van der Waals surface area contributed by atoms with Gasteiger partial charge in [0, 0.05) is 17.1 Å². The number of rotatable bonds is 3. The molecule has 4 nitrogen and oxygen atoms in total. The Hall–Kier alpha value is -2.20. The minimum absolute atomic E-state index is 0.114. The number of benzene rings is 2. The standard InChI is InChI=1S/C14H12ClNO3/c15-10-5-6-11(13(18)7-10)14(19)16-8-9-3-1-2-4-12(9)17/h1-7,17-18H,8H2,(H,16,19). The summed E-state index contributed by atoms with van der Waals surface area (Å²) in [6.45, 7) is 0.174. The van der Waals surface area contributed by atoms with Crippen LogP contribution in [-0.4, -0.2) is 16.1 Å². The molecule has 3 N–H and O–H groups in total. The van der Waals surface area contributed by atoms with Crippen LogP contribution >= 0.6 is 11.6 Å². The van der Waals surface area contributed by atoms with Gasteiger partial charge in [0.25, 0.3) is 5.91 Å². The molecule has 0 aliphatic rings. The maximum atomic E-state index is 11.9. The van der Waals surface area contributed by atoms with E-state index in [0.717, 1.165) is 0 Å². The van der Waals surface area contributed by atoms with Crippen LogP contribution in [0.1, 0.15) is 15.9 Å². The van der Waals surface area contributed by atoms with Crippen molar-refractivity contribution >= 4 is 17.5 Å². The molecule has 2 aromatic rings. The number of amides is 1. The molecule has 0 aliphatic heterocycles. The molecule has 0 unspecified atom stereocenters. The number of aromatic hydroxyl groups is 2. The van der Waals surface area contributed by atoms with Crippen LogP contribution < -0.4 is 5.32 Å². The summed E-state index contributed by atoms with van der Waals surface area (Å²) in [6.07, 6.45) is 0. The summed E-state index contributed by atoms with van der Waals surface area (Å²) in [5.41, 5.74) is 0.740. The van der Waals surface area contributed by atoms with Gasteiger partial charge in [-0.3, -0.25) is 4.79 Å². The molecule has 98 valence electrons. The van der Waals surface area contributed by atoms with Gasteiger partial charge in [0.2, 0.25) is 0 Å². The fourth-order valence-electron chi connectivity index (χ4n) is 1.63.